The van der Waals surface area contributed by atoms with Crippen LogP contribution in [0.1, 0.15) is 22.3 Å². The van der Waals surface area contributed by atoms with Crippen LogP contribution < -0.4 is 5.32 Å². The summed E-state index contributed by atoms with van der Waals surface area (Å²) < 4.78 is 55.2. The minimum atomic E-state index is -4.32. The van der Waals surface area contributed by atoms with Gasteiger partial charge in [-0.2, -0.15) is 4.31 Å². The molecule has 0 bridgehead atoms. The van der Waals surface area contributed by atoms with Crippen molar-refractivity contribution in [2.75, 3.05) is 0 Å². The Morgan fingerprint density at radius 3 is 1.64 bits per heavy atom. The van der Waals surface area contributed by atoms with E-state index in [1.165, 1.54) is 42.5 Å². The molecule has 0 saturated heterocycles. The number of rotatable bonds is 11. The maximum absolute atomic E-state index is 13.8. The van der Waals surface area contributed by atoms with Gasteiger partial charge in [0.05, 0.1) is 5.02 Å². The lowest BCUT2D eigenvalue weighted by atomic mass is 10.1. The zero-order chi connectivity index (χ0) is 28.0. The molecule has 0 saturated carbocycles. The number of halogens is 4. The largest absolute Gasteiger partial charge is 0.309 e. The molecule has 4 aromatic carbocycles. The summed E-state index contributed by atoms with van der Waals surface area (Å²) in [7, 11) is -4.32. The van der Waals surface area contributed by atoms with E-state index in [-0.39, 0.29) is 29.0 Å². The van der Waals surface area contributed by atoms with E-state index in [0.29, 0.717) is 24.2 Å². The Hall–Kier alpha value is -3.21. The molecule has 0 unspecified atom stereocenters. The van der Waals surface area contributed by atoms with Gasteiger partial charge in [-0.1, -0.05) is 71.7 Å². The Morgan fingerprint density at radius 2 is 1.15 bits per heavy atom. The van der Waals surface area contributed by atoms with Crippen LogP contribution in [0.4, 0.5) is 14.5 Å². The predicted octanol–water partition coefficient (Wildman–Crippen LogP) is 7.35. The van der Waals surface area contributed by atoms with Crippen molar-refractivity contribution < 1.29 is 17.2 Å². The molecule has 0 atom stereocenters. The number of nitrogens with zero attached hydrogens (tertiary/aromatic N) is 2. The summed E-state index contributed by atoms with van der Waals surface area (Å²) in [6.45, 7) is 0.948. The molecule has 0 radical (unpaired) electrons. The van der Waals surface area contributed by atoms with Crippen LogP contribution in [0.3, 0.4) is 0 Å². The summed E-state index contributed by atoms with van der Waals surface area (Å²) in [5, 5.41) is 5.96. The van der Waals surface area contributed by atoms with Crippen molar-refractivity contribution in [3.8, 4) is 0 Å². The normalized spacial score (nSPS) is 11.6. The summed E-state index contributed by atoms with van der Waals surface area (Å²) in [6, 6.07) is 21.4. The maximum Gasteiger partial charge on any atom is 0.246 e. The summed E-state index contributed by atoms with van der Waals surface area (Å²) in [5.41, 5.74) is 2.68. The standard InChI is InChI=1S/C28H23Cl2F2N3O3S/c29-23-13-26(30)28(34-36)27(14-23)39(37,38)35(18-22-7-11-25(32)12-8-22)17-21-3-1-19(2-4-21)15-33-16-20-5-9-24(31)10-6-20/h1-14,33H,15-18H2. The van der Waals surface area contributed by atoms with Gasteiger partial charge in [-0.05, 0) is 63.8 Å². The van der Waals surface area contributed by atoms with Gasteiger partial charge in [-0.25, -0.2) is 17.2 Å². The molecule has 0 aliphatic heterocycles. The van der Waals surface area contributed by atoms with Crippen molar-refractivity contribution >= 4 is 38.9 Å². The van der Waals surface area contributed by atoms with Crippen LogP contribution in [-0.2, 0) is 36.2 Å². The molecule has 39 heavy (non-hydrogen) atoms. The summed E-state index contributed by atoms with van der Waals surface area (Å²) >= 11 is 12.1. The van der Waals surface area contributed by atoms with Gasteiger partial charge in [0.25, 0.3) is 0 Å². The molecule has 0 aromatic heterocycles. The van der Waals surface area contributed by atoms with Crippen molar-refractivity contribution in [3.05, 3.63) is 134 Å². The third kappa shape index (κ3) is 7.46. The number of benzene rings is 4. The van der Waals surface area contributed by atoms with Gasteiger partial charge in [-0.3, -0.25) is 0 Å². The van der Waals surface area contributed by atoms with Crippen LogP contribution in [0.5, 0.6) is 0 Å². The molecule has 4 rings (SSSR count). The Kier molecular flexibility index (Phi) is 9.42. The Labute approximate surface area is 235 Å². The minimum Gasteiger partial charge on any atom is -0.309 e. The molecule has 0 aliphatic rings. The first-order valence-corrected chi connectivity index (χ1v) is 14.0. The van der Waals surface area contributed by atoms with Crippen molar-refractivity contribution in [2.45, 2.75) is 31.1 Å². The molecule has 1 N–H and O–H groups in total. The zero-order valence-electron chi connectivity index (χ0n) is 20.5. The van der Waals surface area contributed by atoms with Gasteiger partial charge < -0.3 is 5.32 Å². The number of nitroso groups, excluding NO2 is 1. The van der Waals surface area contributed by atoms with E-state index >= 15 is 0 Å². The maximum atomic E-state index is 13.8. The minimum absolute atomic E-state index is 0.0326. The topological polar surface area (TPSA) is 78.8 Å². The lowest BCUT2D eigenvalue weighted by Crippen LogP contribution is -2.30. The van der Waals surface area contributed by atoms with E-state index in [9.17, 15) is 22.1 Å². The number of hydrogen-bond acceptors (Lipinski definition) is 5. The van der Waals surface area contributed by atoms with Gasteiger partial charge in [0.15, 0.2) is 0 Å². The van der Waals surface area contributed by atoms with Gasteiger partial charge in [0, 0.05) is 31.2 Å². The van der Waals surface area contributed by atoms with E-state index in [2.05, 4.69) is 10.5 Å². The molecule has 202 valence electrons. The Bertz CT molecular complexity index is 1550. The van der Waals surface area contributed by atoms with Crippen molar-refractivity contribution in [2.24, 2.45) is 5.18 Å². The first kappa shape index (κ1) is 28.8. The fourth-order valence-corrected chi connectivity index (χ4v) is 6.14. The lowest BCUT2D eigenvalue weighted by Gasteiger charge is -2.23. The zero-order valence-corrected chi connectivity index (χ0v) is 22.8. The number of nitrogens with one attached hydrogen (secondary N) is 1. The van der Waals surface area contributed by atoms with E-state index in [1.54, 1.807) is 24.3 Å². The SMILES string of the molecule is O=Nc1c(Cl)cc(Cl)cc1S(=O)(=O)N(Cc1ccc(F)cc1)Cc1ccc(CNCc2ccc(F)cc2)cc1. The van der Waals surface area contributed by atoms with E-state index in [0.717, 1.165) is 21.5 Å². The van der Waals surface area contributed by atoms with E-state index < -0.39 is 26.4 Å². The molecular formula is C28H23Cl2F2N3O3S. The van der Waals surface area contributed by atoms with Crippen LogP contribution in [0.2, 0.25) is 10.0 Å². The second-order valence-corrected chi connectivity index (χ2v) is 11.5. The van der Waals surface area contributed by atoms with Gasteiger partial charge in [-0.15, -0.1) is 4.91 Å². The van der Waals surface area contributed by atoms with Crippen LogP contribution in [0.25, 0.3) is 0 Å². The molecule has 0 amide bonds. The average Bonchev–Trinajstić information content (AvgIpc) is 2.91. The predicted molar refractivity (Wildman–Crippen MR) is 148 cm³/mol. The van der Waals surface area contributed by atoms with Crippen LogP contribution >= 0.6 is 23.2 Å². The number of hydrogen-bond donors (Lipinski definition) is 1. The highest BCUT2D eigenvalue weighted by Crippen LogP contribution is 2.37. The molecule has 0 spiro atoms. The third-order valence-corrected chi connectivity index (χ3v) is 8.24. The molecule has 0 fully saturated rings. The molecular weight excluding hydrogens is 567 g/mol. The highest BCUT2D eigenvalue weighted by Gasteiger charge is 2.30. The van der Waals surface area contributed by atoms with Crippen molar-refractivity contribution in [1.82, 2.24) is 9.62 Å². The third-order valence-electron chi connectivity index (χ3n) is 5.93. The fraction of sp³-hybridized carbons (Fsp3) is 0.143. The van der Waals surface area contributed by atoms with Crippen LogP contribution in [0, 0.1) is 16.5 Å². The summed E-state index contributed by atoms with van der Waals surface area (Å²) in [6.07, 6.45) is 0. The highest BCUT2D eigenvalue weighted by molar-refractivity contribution is 7.89. The molecule has 11 heteroatoms. The van der Waals surface area contributed by atoms with E-state index in [1.807, 2.05) is 12.1 Å². The fourth-order valence-electron chi connectivity index (χ4n) is 3.91. The van der Waals surface area contributed by atoms with E-state index in [4.69, 9.17) is 23.2 Å². The monoisotopic (exact) mass is 589 g/mol. The van der Waals surface area contributed by atoms with Crippen LogP contribution in [0.15, 0.2) is 95.0 Å². The van der Waals surface area contributed by atoms with Crippen molar-refractivity contribution in [3.63, 3.8) is 0 Å². The summed E-state index contributed by atoms with van der Waals surface area (Å²) in [4.78, 5) is 11.1. The van der Waals surface area contributed by atoms with Gasteiger partial charge >= 0.3 is 0 Å². The van der Waals surface area contributed by atoms with Crippen molar-refractivity contribution in [1.29, 1.82) is 0 Å². The molecule has 6 nitrogen and oxygen atoms in total. The lowest BCUT2D eigenvalue weighted by molar-refractivity contribution is 0.401. The molecule has 0 aliphatic carbocycles. The van der Waals surface area contributed by atoms with Crippen LogP contribution in [-0.4, -0.2) is 12.7 Å². The quantitative estimate of drug-likeness (QED) is 0.185. The first-order chi connectivity index (χ1) is 18.7. The second kappa shape index (κ2) is 12.8. The number of sulfonamides is 1. The molecule has 0 heterocycles. The van der Waals surface area contributed by atoms with Gasteiger partial charge in [0.2, 0.25) is 10.0 Å². The summed E-state index contributed by atoms with van der Waals surface area (Å²) in [5.74, 6) is -0.743. The Morgan fingerprint density at radius 1 is 0.718 bits per heavy atom. The average molecular weight is 590 g/mol. The first-order valence-electron chi connectivity index (χ1n) is 11.8. The Balaban J connectivity index is 1.56. The van der Waals surface area contributed by atoms with Gasteiger partial charge in [0.1, 0.15) is 22.2 Å². The smallest absolute Gasteiger partial charge is 0.246 e. The highest BCUT2D eigenvalue weighted by atomic mass is 35.5. The second-order valence-electron chi connectivity index (χ2n) is 8.77. The molecule has 4 aromatic rings.